The molecule has 0 saturated heterocycles. The fourth-order valence-corrected chi connectivity index (χ4v) is 1.50. The van der Waals surface area contributed by atoms with Crippen molar-refractivity contribution >= 4 is 7.32 Å². The minimum Gasteiger partial charge on any atom is -0.512 e. The van der Waals surface area contributed by atoms with Gasteiger partial charge in [0.2, 0.25) is 0 Å². The Bertz CT molecular complexity index is 457. The lowest BCUT2D eigenvalue weighted by atomic mass is 10.1. The van der Waals surface area contributed by atoms with E-state index in [0.717, 1.165) is 11.1 Å². The molecule has 2 rings (SSSR count). The molecule has 2 N–H and O–H groups in total. The predicted octanol–water partition coefficient (Wildman–Crippen LogP) is 1.70. The normalized spacial score (nSPS) is 9.88. The van der Waals surface area contributed by atoms with Crippen molar-refractivity contribution in [2.75, 3.05) is 0 Å². The van der Waals surface area contributed by atoms with Gasteiger partial charge < -0.3 is 14.7 Å². The Morgan fingerprint density at radius 1 is 0.812 bits per heavy atom. The maximum atomic E-state index is 8.70. The van der Waals surface area contributed by atoms with Crippen molar-refractivity contribution in [3.63, 3.8) is 0 Å². The summed E-state index contributed by atoms with van der Waals surface area (Å²) in [7, 11) is -1.79. The summed E-state index contributed by atoms with van der Waals surface area (Å²) in [5, 5.41) is 17.4. The van der Waals surface area contributed by atoms with Crippen molar-refractivity contribution in [2.24, 2.45) is 0 Å². The third-order valence-electron chi connectivity index (χ3n) is 2.18. The van der Waals surface area contributed by atoms with E-state index < -0.39 is 7.32 Å². The van der Waals surface area contributed by atoms with E-state index in [-0.39, 0.29) is 0 Å². The fraction of sp³-hybridized carbons (Fsp3) is 0. The number of hydrogen-bond donors (Lipinski definition) is 2. The summed E-state index contributed by atoms with van der Waals surface area (Å²) in [5.74, 6) is 0.427. The number of rotatable bonds is 3. The molecule has 0 aliphatic heterocycles. The van der Waals surface area contributed by atoms with E-state index in [1.807, 2.05) is 36.4 Å². The summed E-state index contributed by atoms with van der Waals surface area (Å²) in [6, 6.07) is 17.0. The van der Waals surface area contributed by atoms with Gasteiger partial charge in [0.15, 0.2) is 0 Å². The maximum absolute atomic E-state index is 8.70. The van der Waals surface area contributed by atoms with E-state index >= 15 is 0 Å². The smallest absolute Gasteiger partial charge is 0.512 e. The molecule has 0 saturated carbocycles. The highest BCUT2D eigenvalue weighted by Gasteiger charge is 2.11. The van der Waals surface area contributed by atoms with Crippen molar-refractivity contribution in [2.45, 2.75) is 0 Å². The van der Waals surface area contributed by atoms with Crippen molar-refractivity contribution in [3.05, 3.63) is 54.6 Å². The van der Waals surface area contributed by atoms with E-state index in [1.54, 1.807) is 18.2 Å². The molecule has 0 amide bonds. The second kappa shape index (κ2) is 4.83. The van der Waals surface area contributed by atoms with Crippen LogP contribution in [0.15, 0.2) is 54.6 Å². The Balaban J connectivity index is 2.29. The highest BCUT2D eigenvalue weighted by molar-refractivity contribution is 6.33. The molecule has 0 aliphatic carbocycles. The molecule has 3 nitrogen and oxygen atoms in total. The minimum atomic E-state index is -1.79. The van der Waals surface area contributed by atoms with Crippen molar-refractivity contribution in [1.29, 1.82) is 0 Å². The first kappa shape index (κ1) is 10.7. The Hall–Kier alpha value is -1.78. The van der Waals surface area contributed by atoms with Crippen LogP contribution in [0.25, 0.3) is 11.1 Å². The molecule has 2 aromatic carbocycles. The quantitative estimate of drug-likeness (QED) is 0.764. The largest absolute Gasteiger partial charge is 0.707 e. The van der Waals surface area contributed by atoms with Gasteiger partial charge in [-0.05, 0) is 23.3 Å². The Morgan fingerprint density at radius 2 is 1.50 bits per heavy atom. The molecule has 0 aliphatic rings. The molecule has 0 radical (unpaired) electrons. The van der Waals surface area contributed by atoms with Gasteiger partial charge in [-0.25, -0.2) is 0 Å². The molecule has 0 bridgehead atoms. The highest BCUT2D eigenvalue weighted by Crippen LogP contribution is 2.23. The lowest BCUT2D eigenvalue weighted by Crippen LogP contribution is -2.20. The summed E-state index contributed by atoms with van der Waals surface area (Å²) < 4.78 is 4.79. The van der Waals surface area contributed by atoms with Gasteiger partial charge in [0, 0.05) is 0 Å². The third kappa shape index (κ3) is 2.62. The summed E-state index contributed by atoms with van der Waals surface area (Å²) in [4.78, 5) is 0. The molecule has 0 atom stereocenters. The molecular formula is C12H11BO3. The Labute approximate surface area is 94.1 Å². The second-order valence-corrected chi connectivity index (χ2v) is 3.34. The molecule has 0 spiro atoms. The second-order valence-electron chi connectivity index (χ2n) is 3.34. The first-order chi connectivity index (χ1) is 7.75. The van der Waals surface area contributed by atoms with Crippen LogP contribution in [-0.4, -0.2) is 17.4 Å². The van der Waals surface area contributed by atoms with Crippen LogP contribution in [-0.2, 0) is 0 Å². The van der Waals surface area contributed by atoms with Crippen LogP contribution in [0.4, 0.5) is 0 Å². The predicted molar refractivity (Wildman–Crippen MR) is 62.7 cm³/mol. The van der Waals surface area contributed by atoms with Gasteiger partial charge in [-0.15, -0.1) is 0 Å². The van der Waals surface area contributed by atoms with Gasteiger partial charge in [0.25, 0.3) is 0 Å². The molecule has 4 heteroatoms. The van der Waals surface area contributed by atoms with E-state index in [1.165, 1.54) is 0 Å². The highest BCUT2D eigenvalue weighted by atomic mass is 16.6. The van der Waals surface area contributed by atoms with Gasteiger partial charge in [-0.2, -0.15) is 0 Å². The van der Waals surface area contributed by atoms with Crippen LogP contribution in [0, 0.1) is 0 Å². The summed E-state index contributed by atoms with van der Waals surface area (Å²) >= 11 is 0. The van der Waals surface area contributed by atoms with Gasteiger partial charge in [0.1, 0.15) is 5.75 Å². The summed E-state index contributed by atoms with van der Waals surface area (Å²) in [6.45, 7) is 0. The average molecular weight is 214 g/mol. The topological polar surface area (TPSA) is 49.7 Å². The SMILES string of the molecule is OB(O)Oc1cccc(-c2ccccc2)c1. The first-order valence-electron chi connectivity index (χ1n) is 4.94. The van der Waals surface area contributed by atoms with Crippen LogP contribution in [0.3, 0.4) is 0 Å². The first-order valence-corrected chi connectivity index (χ1v) is 4.94. The molecule has 0 unspecified atom stereocenters. The Kier molecular flexibility index (Phi) is 3.24. The van der Waals surface area contributed by atoms with Crippen molar-refractivity contribution in [3.8, 4) is 16.9 Å². The van der Waals surface area contributed by atoms with Gasteiger partial charge in [-0.3, -0.25) is 0 Å². The zero-order valence-corrected chi connectivity index (χ0v) is 8.58. The molecule has 0 aromatic heterocycles. The van der Waals surface area contributed by atoms with Crippen molar-refractivity contribution < 1.29 is 14.7 Å². The molecule has 80 valence electrons. The molecular weight excluding hydrogens is 203 g/mol. The van der Waals surface area contributed by atoms with Crippen LogP contribution in [0.5, 0.6) is 5.75 Å². The fourth-order valence-electron chi connectivity index (χ4n) is 1.50. The summed E-state index contributed by atoms with van der Waals surface area (Å²) in [5.41, 5.74) is 2.03. The zero-order chi connectivity index (χ0) is 11.4. The van der Waals surface area contributed by atoms with Crippen LogP contribution < -0.4 is 4.65 Å². The van der Waals surface area contributed by atoms with Gasteiger partial charge in [-0.1, -0.05) is 42.5 Å². The number of hydrogen-bond acceptors (Lipinski definition) is 3. The summed E-state index contributed by atoms with van der Waals surface area (Å²) in [6.07, 6.45) is 0. The zero-order valence-electron chi connectivity index (χ0n) is 8.58. The molecule has 0 heterocycles. The van der Waals surface area contributed by atoms with Crippen molar-refractivity contribution in [1.82, 2.24) is 0 Å². The minimum absolute atomic E-state index is 0.427. The van der Waals surface area contributed by atoms with Gasteiger partial charge >= 0.3 is 7.32 Å². The third-order valence-corrected chi connectivity index (χ3v) is 2.18. The Morgan fingerprint density at radius 3 is 2.19 bits per heavy atom. The standard InChI is InChI=1S/C12H11BO3/c14-13(15)16-12-8-4-7-11(9-12)10-5-2-1-3-6-10/h1-9,14-15H. The monoisotopic (exact) mass is 214 g/mol. The average Bonchev–Trinajstić information content (AvgIpc) is 2.30. The van der Waals surface area contributed by atoms with Gasteiger partial charge in [0.05, 0.1) is 0 Å². The molecule has 2 aromatic rings. The molecule has 0 fully saturated rings. The van der Waals surface area contributed by atoms with Crippen LogP contribution >= 0.6 is 0 Å². The number of benzene rings is 2. The lowest BCUT2D eigenvalue weighted by Gasteiger charge is -2.07. The molecule has 16 heavy (non-hydrogen) atoms. The van der Waals surface area contributed by atoms with E-state index in [2.05, 4.69) is 0 Å². The van der Waals surface area contributed by atoms with Crippen LogP contribution in [0.2, 0.25) is 0 Å². The lowest BCUT2D eigenvalue weighted by molar-refractivity contribution is 0.288. The van der Waals surface area contributed by atoms with E-state index in [0.29, 0.717) is 5.75 Å². The van der Waals surface area contributed by atoms with E-state index in [4.69, 9.17) is 14.7 Å². The van der Waals surface area contributed by atoms with Crippen LogP contribution in [0.1, 0.15) is 0 Å². The maximum Gasteiger partial charge on any atom is 0.707 e. The van der Waals surface area contributed by atoms with E-state index in [9.17, 15) is 0 Å².